The second-order valence-electron chi connectivity index (χ2n) is 6.72. The standard InChI is InChI=1S/C20H25N3O4S/c1-21(28(2,25)26)17-8-10-19(11-9-17)27-16-20(24)23-14-12-22(13-15-23)18-6-4-3-5-7-18/h3-11H,12-16H2,1-2H3. The lowest BCUT2D eigenvalue weighted by Crippen LogP contribution is -2.50. The molecule has 0 aliphatic carbocycles. The van der Waals surface area contributed by atoms with E-state index in [9.17, 15) is 13.2 Å². The Labute approximate surface area is 166 Å². The molecular formula is C20H25N3O4S. The first-order chi connectivity index (χ1) is 13.3. The number of ether oxygens (including phenoxy) is 1. The monoisotopic (exact) mass is 403 g/mol. The van der Waals surface area contributed by atoms with Crippen LogP contribution in [-0.4, -0.2) is 65.3 Å². The van der Waals surface area contributed by atoms with Gasteiger partial charge in [-0.25, -0.2) is 8.42 Å². The summed E-state index contributed by atoms with van der Waals surface area (Å²) in [6, 6.07) is 16.8. The molecule has 0 N–H and O–H groups in total. The molecule has 0 unspecified atom stereocenters. The van der Waals surface area contributed by atoms with Crippen LogP contribution in [0.2, 0.25) is 0 Å². The van der Waals surface area contributed by atoms with E-state index < -0.39 is 10.0 Å². The van der Waals surface area contributed by atoms with Crippen molar-refractivity contribution in [3.8, 4) is 5.75 Å². The fourth-order valence-corrected chi connectivity index (χ4v) is 3.54. The van der Waals surface area contributed by atoms with Crippen LogP contribution >= 0.6 is 0 Å². The van der Waals surface area contributed by atoms with E-state index in [0.29, 0.717) is 24.5 Å². The predicted octanol–water partition coefficient (Wildman–Crippen LogP) is 1.81. The highest BCUT2D eigenvalue weighted by molar-refractivity contribution is 7.92. The molecule has 7 nitrogen and oxygen atoms in total. The van der Waals surface area contributed by atoms with E-state index in [1.54, 1.807) is 24.3 Å². The quantitative estimate of drug-likeness (QED) is 0.736. The van der Waals surface area contributed by atoms with Crippen molar-refractivity contribution in [1.82, 2.24) is 4.90 Å². The Kier molecular flexibility index (Phi) is 6.08. The highest BCUT2D eigenvalue weighted by Crippen LogP contribution is 2.20. The molecule has 0 aromatic heterocycles. The number of sulfonamides is 1. The molecule has 0 bridgehead atoms. The van der Waals surface area contributed by atoms with Gasteiger partial charge < -0.3 is 14.5 Å². The minimum atomic E-state index is -3.31. The van der Waals surface area contributed by atoms with Gasteiger partial charge in [-0.2, -0.15) is 0 Å². The van der Waals surface area contributed by atoms with E-state index in [4.69, 9.17) is 4.74 Å². The SMILES string of the molecule is CN(c1ccc(OCC(=O)N2CCN(c3ccccc3)CC2)cc1)S(C)(=O)=O. The van der Waals surface area contributed by atoms with Crippen LogP contribution in [0.15, 0.2) is 54.6 Å². The van der Waals surface area contributed by atoms with Crippen molar-refractivity contribution >= 4 is 27.3 Å². The van der Waals surface area contributed by atoms with Gasteiger partial charge in [-0.1, -0.05) is 18.2 Å². The second kappa shape index (κ2) is 8.52. The summed E-state index contributed by atoms with van der Waals surface area (Å²) in [4.78, 5) is 16.5. The van der Waals surface area contributed by atoms with E-state index in [0.717, 1.165) is 19.3 Å². The molecule has 1 amide bonds. The molecule has 3 rings (SSSR count). The van der Waals surface area contributed by atoms with Gasteiger partial charge in [-0.3, -0.25) is 9.10 Å². The van der Waals surface area contributed by atoms with Gasteiger partial charge in [0, 0.05) is 38.9 Å². The van der Waals surface area contributed by atoms with Crippen molar-refractivity contribution in [2.24, 2.45) is 0 Å². The van der Waals surface area contributed by atoms with E-state index in [1.807, 2.05) is 23.1 Å². The third kappa shape index (κ3) is 4.95. The molecule has 1 aliphatic rings. The number of benzene rings is 2. The van der Waals surface area contributed by atoms with Gasteiger partial charge in [-0.15, -0.1) is 0 Å². The Bertz CT molecular complexity index is 893. The van der Waals surface area contributed by atoms with E-state index in [2.05, 4.69) is 17.0 Å². The topological polar surface area (TPSA) is 70.2 Å². The number of carbonyl (C=O) groups excluding carboxylic acids is 1. The van der Waals surface area contributed by atoms with Gasteiger partial charge in [0.15, 0.2) is 6.61 Å². The smallest absolute Gasteiger partial charge is 0.260 e. The third-order valence-electron chi connectivity index (χ3n) is 4.81. The summed E-state index contributed by atoms with van der Waals surface area (Å²) >= 11 is 0. The van der Waals surface area contributed by atoms with Crippen LogP contribution in [0.1, 0.15) is 0 Å². The molecule has 1 heterocycles. The first-order valence-corrected chi connectivity index (χ1v) is 10.9. The van der Waals surface area contributed by atoms with Crippen molar-refractivity contribution in [2.45, 2.75) is 0 Å². The maximum Gasteiger partial charge on any atom is 0.260 e. The molecular weight excluding hydrogens is 378 g/mol. The summed E-state index contributed by atoms with van der Waals surface area (Å²) in [5.74, 6) is 0.479. The third-order valence-corrected chi connectivity index (χ3v) is 6.02. The highest BCUT2D eigenvalue weighted by Gasteiger charge is 2.21. The van der Waals surface area contributed by atoms with Gasteiger partial charge in [0.05, 0.1) is 11.9 Å². The number of hydrogen-bond donors (Lipinski definition) is 0. The van der Waals surface area contributed by atoms with Crippen molar-refractivity contribution in [1.29, 1.82) is 0 Å². The number of amides is 1. The minimum absolute atomic E-state index is 0.0351. The Morgan fingerprint density at radius 2 is 1.61 bits per heavy atom. The molecule has 2 aromatic carbocycles. The van der Waals surface area contributed by atoms with Crippen LogP contribution in [0.25, 0.3) is 0 Å². The number of hydrogen-bond acceptors (Lipinski definition) is 5. The van der Waals surface area contributed by atoms with Crippen LogP contribution in [0.4, 0.5) is 11.4 Å². The lowest BCUT2D eigenvalue weighted by molar-refractivity contribution is -0.133. The number of nitrogens with zero attached hydrogens (tertiary/aromatic N) is 3. The first kappa shape index (κ1) is 20.0. The number of rotatable bonds is 6. The number of carbonyl (C=O) groups is 1. The molecule has 150 valence electrons. The molecule has 0 radical (unpaired) electrons. The van der Waals surface area contributed by atoms with Crippen LogP contribution < -0.4 is 13.9 Å². The van der Waals surface area contributed by atoms with Crippen molar-refractivity contribution in [3.63, 3.8) is 0 Å². The Morgan fingerprint density at radius 3 is 2.18 bits per heavy atom. The lowest BCUT2D eigenvalue weighted by Gasteiger charge is -2.36. The van der Waals surface area contributed by atoms with Crippen molar-refractivity contribution in [2.75, 3.05) is 55.3 Å². The average molecular weight is 404 g/mol. The maximum atomic E-state index is 12.4. The van der Waals surface area contributed by atoms with E-state index >= 15 is 0 Å². The number of anilines is 2. The summed E-state index contributed by atoms with van der Waals surface area (Å²) in [5, 5.41) is 0. The van der Waals surface area contributed by atoms with Gasteiger partial charge in [0.1, 0.15) is 5.75 Å². The zero-order chi connectivity index (χ0) is 20.1. The normalized spacial score (nSPS) is 14.6. The molecule has 1 aliphatic heterocycles. The summed E-state index contributed by atoms with van der Waals surface area (Å²) in [7, 11) is -1.82. The van der Waals surface area contributed by atoms with Gasteiger partial charge in [0.25, 0.3) is 5.91 Å². The van der Waals surface area contributed by atoms with Crippen LogP contribution in [0.3, 0.4) is 0 Å². The fourth-order valence-electron chi connectivity index (χ4n) is 3.03. The Morgan fingerprint density at radius 1 is 1.00 bits per heavy atom. The maximum absolute atomic E-state index is 12.4. The zero-order valence-corrected chi connectivity index (χ0v) is 16.9. The summed E-state index contributed by atoms with van der Waals surface area (Å²) in [6.07, 6.45) is 1.15. The van der Waals surface area contributed by atoms with Crippen LogP contribution in [0, 0.1) is 0 Å². The van der Waals surface area contributed by atoms with Crippen LogP contribution in [0.5, 0.6) is 5.75 Å². The van der Waals surface area contributed by atoms with Crippen molar-refractivity contribution in [3.05, 3.63) is 54.6 Å². The fraction of sp³-hybridized carbons (Fsp3) is 0.350. The molecule has 1 fully saturated rings. The Balaban J connectivity index is 1.48. The Hall–Kier alpha value is -2.74. The van der Waals surface area contributed by atoms with E-state index in [-0.39, 0.29) is 12.5 Å². The van der Waals surface area contributed by atoms with Gasteiger partial charge in [-0.05, 0) is 36.4 Å². The van der Waals surface area contributed by atoms with Gasteiger partial charge in [0.2, 0.25) is 10.0 Å². The highest BCUT2D eigenvalue weighted by atomic mass is 32.2. The molecule has 2 aromatic rings. The number of para-hydroxylation sites is 1. The van der Waals surface area contributed by atoms with E-state index in [1.165, 1.54) is 17.0 Å². The number of piperazine rings is 1. The molecule has 0 spiro atoms. The summed E-state index contributed by atoms with van der Waals surface area (Å²) in [5.41, 5.74) is 1.71. The molecule has 1 saturated heterocycles. The lowest BCUT2D eigenvalue weighted by atomic mass is 10.2. The second-order valence-corrected chi connectivity index (χ2v) is 8.73. The molecule has 8 heteroatoms. The van der Waals surface area contributed by atoms with Crippen LogP contribution in [-0.2, 0) is 14.8 Å². The van der Waals surface area contributed by atoms with Crippen molar-refractivity contribution < 1.29 is 17.9 Å². The largest absolute Gasteiger partial charge is 0.484 e. The predicted molar refractivity (Wildman–Crippen MR) is 110 cm³/mol. The summed E-state index contributed by atoms with van der Waals surface area (Å²) < 4.78 is 29.9. The zero-order valence-electron chi connectivity index (χ0n) is 16.1. The minimum Gasteiger partial charge on any atom is -0.484 e. The molecule has 28 heavy (non-hydrogen) atoms. The summed E-state index contributed by atoms with van der Waals surface area (Å²) in [6.45, 7) is 2.88. The molecule has 0 atom stereocenters. The first-order valence-electron chi connectivity index (χ1n) is 9.09. The van der Waals surface area contributed by atoms with Gasteiger partial charge >= 0.3 is 0 Å². The average Bonchev–Trinajstić information content (AvgIpc) is 2.72. The molecule has 0 saturated carbocycles.